The Morgan fingerprint density at radius 2 is 1.35 bits per heavy atom. The second-order valence-corrected chi connectivity index (χ2v) is 15.0. The van der Waals surface area contributed by atoms with Crippen LogP contribution in [-0.4, -0.2) is 56.9 Å². The zero-order valence-corrected chi connectivity index (χ0v) is 30.7. The average Bonchev–Trinajstić information content (AvgIpc) is 3.41. The molecule has 3 aromatic carbocycles. The normalized spacial score (nSPS) is 15.9. The number of amides is 1. The van der Waals surface area contributed by atoms with Crippen molar-refractivity contribution in [3.05, 3.63) is 113 Å². The van der Waals surface area contributed by atoms with Crippen LogP contribution in [-0.2, 0) is 25.0 Å². The van der Waals surface area contributed by atoms with Crippen molar-refractivity contribution in [3.8, 4) is 17.4 Å². The number of likely N-dealkylation sites (tertiary alicyclic amines) is 1. The number of piperidine rings is 2. The van der Waals surface area contributed by atoms with Crippen LogP contribution in [0.4, 0.5) is 10.5 Å². The SMILES string of the molecule is Cn1c(=O)n(-c2ccc(OCc3ccccc3)nc2OCc2ccccc2)c2ccc(N3CCC(C4CCN(C(=O)OC(C)(C)C)CC4)CC3)cc21. The Kier molecular flexibility index (Phi) is 10.2. The highest BCUT2D eigenvalue weighted by Crippen LogP contribution is 2.35. The number of carbonyl (C=O) groups is 1. The summed E-state index contributed by atoms with van der Waals surface area (Å²) in [5.74, 6) is 2.02. The van der Waals surface area contributed by atoms with Crippen LogP contribution >= 0.6 is 0 Å². The smallest absolute Gasteiger partial charge is 0.410 e. The van der Waals surface area contributed by atoms with E-state index in [9.17, 15) is 9.59 Å². The van der Waals surface area contributed by atoms with Gasteiger partial charge in [-0.2, -0.15) is 4.98 Å². The van der Waals surface area contributed by atoms with Crippen LogP contribution in [0, 0.1) is 11.8 Å². The molecule has 52 heavy (non-hydrogen) atoms. The van der Waals surface area contributed by atoms with Gasteiger partial charge in [-0.05, 0) is 93.7 Å². The number of pyridine rings is 1. The molecule has 2 fully saturated rings. The molecule has 0 spiro atoms. The van der Waals surface area contributed by atoms with Gasteiger partial charge in [-0.3, -0.25) is 9.13 Å². The second kappa shape index (κ2) is 15.2. The maximum absolute atomic E-state index is 13.9. The van der Waals surface area contributed by atoms with E-state index in [0.717, 1.165) is 79.7 Å². The molecule has 10 nitrogen and oxygen atoms in total. The van der Waals surface area contributed by atoms with Gasteiger partial charge in [0.2, 0.25) is 11.8 Å². The fourth-order valence-corrected chi connectivity index (χ4v) is 7.49. The summed E-state index contributed by atoms with van der Waals surface area (Å²) in [4.78, 5) is 35.5. The molecule has 2 aliphatic heterocycles. The van der Waals surface area contributed by atoms with Gasteiger partial charge < -0.3 is 24.0 Å². The van der Waals surface area contributed by atoms with Crippen LogP contribution in [0.5, 0.6) is 11.8 Å². The Morgan fingerprint density at radius 1 is 0.750 bits per heavy atom. The van der Waals surface area contributed by atoms with Gasteiger partial charge >= 0.3 is 11.8 Å². The largest absolute Gasteiger partial charge is 0.473 e. The van der Waals surface area contributed by atoms with Crippen LogP contribution in [0.1, 0.15) is 57.6 Å². The predicted octanol–water partition coefficient (Wildman–Crippen LogP) is 7.75. The minimum absolute atomic E-state index is 0.173. The van der Waals surface area contributed by atoms with E-state index < -0.39 is 5.60 Å². The van der Waals surface area contributed by atoms with Gasteiger partial charge in [-0.25, -0.2) is 9.59 Å². The number of aromatic nitrogens is 3. The minimum atomic E-state index is -0.473. The van der Waals surface area contributed by atoms with Crippen LogP contribution in [0.2, 0.25) is 0 Å². The fraction of sp³-hybridized carbons (Fsp3) is 0.405. The summed E-state index contributed by atoms with van der Waals surface area (Å²) in [5, 5.41) is 0. The number of benzene rings is 3. The number of hydrogen-bond donors (Lipinski definition) is 0. The monoisotopic (exact) mass is 703 g/mol. The maximum atomic E-state index is 13.9. The molecule has 7 rings (SSSR count). The van der Waals surface area contributed by atoms with E-state index in [1.807, 2.05) is 106 Å². The Balaban J connectivity index is 1.07. The number of hydrogen-bond acceptors (Lipinski definition) is 7. The lowest BCUT2D eigenvalue weighted by atomic mass is 9.79. The quantitative estimate of drug-likeness (QED) is 0.155. The molecule has 0 N–H and O–H groups in total. The van der Waals surface area contributed by atoms with Crippen molar-refractivity contribution in [3.63, 3.8) is 0 Å². The van der Waals surface area contributed by atoms with Crippen molar-refractivity contribution < 1.29 is 19.0 Å². The topological polar surface area (TPSA) is 91.1 Å². The molecule has 0 unspecified atom stereocenters. The lowest BCUT2D eigenvalue weighted by molar-refractivity contribution is 0.0152. The standard InChI is InChI=1S/C42H49N5O5/c1-42(2,3)52-41(49)46-25-21-33(22-26-46)32-19-23-45(24-20-32)34-15-16-35-37(27-34)44(4)40(48)47(35)36-17-18-38(50-28-30-11-7-5-8-12-30)43-39(36)51-29-31-13-9-6-10-14-31/h5-18,27,32-33H,19-26,28-29H2,1-4H3. The zero-order valence-electron chi connectivity index (χ0n) is 30.7. The summed E-state index contributed by atoms with van der Waals surface area (Å²) in [5.41, 5.74) is 4.69. The summed E-state index contributed by atoms with van der Waals surface area (Å²) in [6.07, 6.45) is 4.08. The predicted molar refractivity (Wildman–Crippen MR) is 203 cm³/mol. The highest BCUT2D eigenvalue weighted by molar-refractivity contribution is 5.82. The minimum Gasteiger partial charge on any atom is -0.473 e. The van der Waals surface area contributed by atoms with Crippen molar-refractivity contribution in [2.24, 2.45) is 18.9 Å². The van der Waals surface area contributed by atoms with Gasteiger partial charge in [0.15, 0.2) is 0 Å². The third-order valence-electron chi connectivity index (χ3n) is 10.3. The van der Waals surface area contributed by atoms with Gasteiger partial charge in [0.25, 0.3) is 0 Å². The van der Waals surface area contributed by atoms with Crippen molar-refractivity contribution in [2.45, 2.75) is 65.3 Å². The van der Waals surface area contributed by atoms with Gasteiger partial charge in [0, 0.05) is 45.0 Å². The molecule has 10 heteroatoms. The third-order valence-corrected chi connectivity index (χ3v) is 10.3. The number of aryl methyl sites for hydroxylation is 1. The first kappa shape index (κ1) is 35.2. The third kappa shape index (κ3) is 7.96. The molecule has 2 aliphatic rings. The first-order valence-electron chi connectivity index (χ1n) is 18.4. The molecule has 0 radical (unpaired) electrons. The van der Waals surface area contributed by atoms with E-state index in [4.69, 9.17) is 19.2 Å². The number of rotatable bonds is 9. The summed E-state index contributed by atoms with van der Waals surface area (Å²) in [7, 11) is 1.82. The van der Waals surface area contributed by atoms with Crippen LogP contribution in [0.3, 0.4) is 0 Å². The van der Waals surface area contributed by atoms with Crippen molar-refractivity contribution in [2.75, 3.05) is 31.1 Å². The molecule has 0 saturated carbocycles. The molecule has 4 heterocycles. The Bertz CT molecular complexity index is 2040. The number of imidazole rings is 1. The summed E-state index contributed by atoms with van der Waals surface area (Å²) >= 11 is 0. The number of carbonyl (C=O) groups excluding carboxylic acids is 1. The highest BCUT2D eigenvalue weighted by atomic mass is 16.6. The number of nitrogens with zero attached hydrogens (tertiary/aromatic N) is 5. The summed E-state index contributed by atoms with van der Waals surface area (Å²) in [6, 6.07) is 29.8. The van der Waals surface area contributed by atoms with E-state index in [-0.39, 0.29) is 11.8 Å². The highest BCUT2D eigenvalue weighted by Gasteiger charge is 2.32. The first-order chi connectivity index (χ1) is 25.1. The number of ether oxygens (including phenoxy) is 3. The van der Waals surface area contributed by atoms with E-state index in [1.54, 1.807) is 15.2 Å². The Morgan fingerprint density at radius 3 is 1.96 bits per heavy atom. The lowest BCUT2D eigenvalue weighted by Gasteiger charge is -2.41. The Labute approximate surface area is 305 Å². The second-order valence-electron chi connectivity index (χ2n) is 15.0. The fourth-order valence-electron chi connectivity index (χ4n) is 7.49. The van der Waals surface area contributed by atoms with Crippen molar-refractivity contribution >= 4 is 22.8 Å². The number of fused-ring (bicyclic) bond motifs is 1. The molecule has 2 aromatic heterocycles. The van der Waals surface area contributed by atoms with Crippen LogP contribution in [0.15, 0.2) is 95.8 Å². The zero-order chi connectivity index (χ0) is 36.2. The molecule has 5 aromatic rings. The van der Waals surface area contributed by atoms with Crippen molar-refractivity contribution in [1.82, 2.24) is 19.0 Å². The van der Waals surface area contributed by atoms with E-state index in [2.05, 4.69) is 17.0 Å². The van der Waals surface area contributed by atoms with Crippen LogP contribution in [0.25, 0.3) is 16.7 Å². The van der Waals surface area contributed by atoms with Gasteiger partial charge in [0.1, 0.15) is 24.5 Å². The van der Waals surface area contributed by atoms with Gasteiger partial charge in [-0.1, -0.05) is 60.7 Å². The van der Waals surface area contributed by atoms with E-state index in [0.29, 0.717) is 42.5 Å². The van der Waals surface area contributed by atoms with E-state index >= 15 is 0 Å². The summed E-state index contributed by atoms with van der Waals surface area (Å²) < 4.78 is 21.3. The summed E-state index contributed by atoms with van der Waals surface area (Å²) in [6.45, 7) is 9.86. The first-order valence-corrected chi connectivity index (χ1v) is 18.4. The van der Waals surface area contributed by atoms with E-state index in [1.165, 1.54) is 0 Å². The molecular formula is C42H49N5O5. The Hall–Kier alpha value is -5.25. The van der Waals surface area contributed by atoms with Crippen LogP contribution < -0.4 is 20.1 Å². The van der Waals surface area contributed by atoms with Gasteiger partial charge in [0.05, 0.1) is 11.0 Å². The average molecular weight is 704 g/mol. The number of anilines is 1. The molecular weight excluding hydrogens is 654 g/mol. The molecule has 2 saturated heterocycles. The lowest BCUT2D eigenvalue weighted by Crippen LogP contribution is -2.44. The molecule has 272 valence electrons. The maximum Gasteiger partial charge on any atom is 0.410 e. The van der Waals surface area contributed by atoms with Crippen molar-refractivity contribution in [1.29, 1.82) is 0 Å². The molecule has 0 bridgehead atoms. The van der Waals surface area contributed by atoms with Gasteiger partial charge in [-0.15, -0.1) is 0 Å². The molecule has 0 atom stereocenters. The molecule has 1 amide bonds. The molecule has 0 aliphatic carbocycles.